The molecule has 0 aliphatic carbocycles. The van der Waals surface area contributed by atoms with Crippen molar-refractivity contribution in [1.29, 1.82) is 0 Å². The zero-order valence-corrected chi connectivity index (χ0v) is 33.0. The number of hydrogen-bond donors (Lipinski definition) is 4. The summed E-state index contributed by atoms with van der Waals surface area (Å²) in [7, 11) is 0. The number of carbonyl (C=O) groups excluding carboxylic acids is 2. The van der Waals surface area contributed by atoms with Gasteiger partial charge in [0.25, 0.3) is 0 Å². The van der Waals surface area contributed by atoms with E-state index in [-0.39, 0.29) is 26.1 Å². The van der Waals surface area contributed by atoms with Gasteiger partial charge in [0, 0.05) is 12.8 Å². The average Bonchev–Trinajstić information content (AvgIpc) is 3.15. The Labute approximate surface area is 320 Å². The maximum Gasteiger partial charge on any atom is 0.306 e. The molecule has 53 heavy (non-hydrogen) atoms. The molecule has 0 bridgehead atoms. The maximum atomic E-state index is 12.7. The zero-order valence-electron chi connectivity index (χ0n) is 33.0. The van der Waals surface area contributed by atoms with Gasteiger partial charge in [-0.3, -0.25) is 9.59 Å². The highest BCUT2D eigenvalue weighted by atomic mass is 16.7. The number of allylic oxidation sites excluding steroid dienone is 8. The molecule has 1 saturated heterocycles. The third kappa shape index (κ3) is 26.2. The lowest BCUT2D eigenvalue weighted by atomic mass is 9.99. The van der Waals surface area contributed by atoms with Crippen molar-refractivity contribution in [2.75, 3.05) is 19.8 Å². The Bertz CT molecular complexity index is 1010. The number of rotatable bonds is 33. The highest BCUT2D eigenvalue weighted by Crippen LogP contribution is 2.22. The number of aliphatic hydroxyl groups is 4. The van der Waals surface area contributed by atoms with Crippen LogP contribution in [-0.2, 0) is 28.5 Å². The van der Waals surface area contributed by atoms with Crippen LogP contribution in [0.15, 0.2) is 48.6 Å². The van der Waals surface area contributed by atoms with Crippen LogP contribution in [0.2, 0.25) is 0 Å². The number of unbranched alkanes of at least 4 members (excludes halogenated alkanes) is 14. The van der Waals surface area contributed by atoms with Crippen LogP contribution in [0.25, 0.3) is 0 Å². The maximum absolute atomic E-state index is 12.7. The topological polar surface area (TPSA) is 152 Å². The van der Waals surface area contributed by atoms with Crippen molar-refractivity contribution >= 4 is 11.9 Å². The fraction of sp³-hybridized carbons (Fsp3) is 0.767. The third-order valence-electron chi connectivity index (χ3n) is 9.19. The van der Waals surface area contributed by atoms with Crippen LogP contribution in [0.3, 0.4) is 0 Å². The summed E-state index contributed by atoms with van der Waals surface area (Å²) in [6.07, 6.45) is 31.2. The Kier molecular flexibility index (Phi) is 31.4. The van der Waals surface area contributed by atoms with E-state index in [9.17, 15) is 30.0 Å². The predicted octanol–water partition coefficient (Wildman–Crippen LogP) is 8.10. The lowest BCUT2D eigenvalue weighted by molar-refractivity contribution is -0.305. The Balaban J connectivity index is 2.42. The first-order valence-electron chi connectivity index (χ1n) is 20.7. The molecule has 1 rings (SSSR count). The molecule has 10 heteroatoms. The van der Waals surface area contributed by atoms with Gasteiger partial charge in [0.15, 0.2) is 12.4 Å². The average molecular weight is 751 g/mol. The minimum absolute atomic E-state index is 0.200. The quantitative estimate of drug-likeness (QED) is 0.0294. The van der Waals surface area contributed by atoms with Crippen LogP contribution in [-0.4, -0.2) is 89.0 Å². The molecule has 1 heterocycles. The molecule has 10 nitrogen and oxygen atoms in total. The molecular weight excluding hydrogens is 676 g/mol. The van der Waals surface area contributed by atoms with Gasteiger partial charge in [-0.2, -0.15) is 0 Å². The second-order valence-corrected chi connectivity index (χ2v) is 14.1. The third-order valence-corrected chi connectivity index (χ3v) is 9.19. The van der Waals surface area contributed by atoms with Crippen LogP contribution < -0.4 is 0 Å². The van der Waals surface area contributed by atoms with Crippen molar-refractivity contribution in [1.82, 2.24) is 0 Å². The van der Waals surface area contributed by atoms with Gasteiger partial charge in [-0.1, -0.05) is 114 Å². The van der Waals surface area contributed by atoms with E-state index < -0.39 is 55.4 Å². The van der Waals surface area contributed by atoms with Crippen LogP contribution in [0, 0.1) is 0 Å². The first-order chi connectivity index (χ1) is 25.8. The van der Waals surface area contributed by atoms with E-state index in [1.54, 1.807) is 0 Å². The van der Waals surface area contributed by atoms with Gasteiger partial charge in [-0.05, 0) is 77.0 Å². The number of aliphatic hydroxyl groups excluding tert-OH is 4. The van der Waals surface area contributed by atoms with Crippen LogP contribution in [0.4, 0.5) is 0 Å². The van der Waals surface area contributed by atoms with Gasteiger partial charge in [0.1, 0.15) is 31.0 Å². The summed E-state index contributed by atoms with van der Waals surface area (Å²) in [5.41, 5.74) is 0. The van der Waals surface area contributed by atoms with Crippen molar-refractivity contribution in [2.24, 2.45) is 0 Å². The lowest BCUT2D eigenvalue weighted by Crippen LogP contribution is -2.59. The SMILES string of the molecule is CCCCC/C=C/C/C=C/C/C=C/CCCCC(=O)OC[C@@H](CO[C@H]1O[C@@H](CO)[C@@H](O)C(O)C1O)OC(=O)CCCCC/C=C/CCCCCCCC. The summed E-state index contributed by atoms with van der Waals surface area (Å²) in [6, 6.07) is 0. The Hall–Kier alpha value is -2.34. The van der Waals surface area contributed by atoms with E-state index in [1.807, 2.05) is 0 Å². The van der Waals surface area contributed by atoms with Gasteiger partial charge >= 0.3 is 11.9 Å². The molecule has 0 radical (unpaired) electrons. The van der Waals surface area contributed by atoms with Gasteiger partial charge in [0.05, 0.1) is 13.2 Å². The second kappa shape index (κ2) is 34.2. The summed E-state index contributed by atoms with van der Waals surface area (Å²) < 4.78 is 22.0. The van der Waals surface area contributed by atoms with E-state index >= 15 is 0 Å². The highest BCUT2D eigenvalue weighted by Gasteiger charge is 2.44. The Morgan fingerprint density at radius 2 is 1.06 bits per heavy atom. The van der Waals surface area contributed by atoms with E-state index in [0.29, 0.717) is 12.8 Å². The minimum atomic E-state index is -1.60. The molecule has 1 aliphatic rings. The molecule has 0 aromatic rings. The monoisotopic (exact) mass is 751 g/mol. The van der Waals surface area contributed by atoms with Crippen LogP contribution >= 0.6 is 0 Å². The molecule has 0 spiro atoms. The van der Waals surface area contributed by atoms with Gasteiger partial charge in [-0.25, -0.2) is 0 Å². The number of ether oxygens (including phenoxy) is 4. The summed E-state index contributed by atoms with van der Waals surface area (Å²) in [5.74, 6) is -0.874. The summed E-state index contributed by atoms with van der Waals surface area (Å²) in [6.45, 7) is 3.31. The largest absolute Gasteiger partial charge is 0.462 e. The van der Waals surface area contributed by atoms with Crippen LogP contribution in [0.5, 0.6) is 0 Å². The molecule has 0 amide bonds. The van der Waals surface area contributed by atoms with Gasteiger partial charge in [0.2, 0.25) is 0 Å². The van der Waals surface area contributed by atoms with Crippen molar-refractivity contribution in [2.45, 2.75) is 192 Å². The molecule has 1 aliphatic heterocycles. The fourth-order valence-corrected chi connectivity index (χ4v) is 5.83. The van der Waals surface area contributed by atoms with Crippen molar-refractivity contribution in [3.63, 3.8) is 0 Å². The molecule has 306 valence electrons. The molecule has 2 unspecified atom stereocenters. The van der Waals surface area contributed by atoms with Crippen molar-refractivity contribution in [3.8, 4) is 0 Å². The molecule has 0 aromatic heterocycles. The smallest absolute Gasteiger partial charge is 0.306 e. The standard InChI is InChI=1S/C43H74O10/c1-3-5-7-9-11-13-15-17-18-20-21-23-25-27-29-31-38(45)50-34-36(35-51-43-42(49)41(48)40(47)37(33-44)53-43)52-39(46)32-30-28-26-24-22-19-16-14-12-10-8-6-4-2/h11,13,17-19,21-23,36-37,40-44,47-49H,3-10,12,14-16,20,24-35H2,1-2H3/b13-11+,18-17+,22-19+,23-21+/t36-,37-,40+,41?,42?,43-/m0/s1. The van der Waals surface area contributed by atoms with E-state index in [2.05, 4.69) is 62.5 Å². The molecule has 6 atom stereocenters. The Morgan fingerprint density at radius 3 is 1.68 bits per heavy atom. The van der Waals surface area contributed by atoms with Crippen molar-refractivity contribution in [3.05, 3.63) is 48.6 Å². The van der Waals surface area contributed by atoms with Crippen LogP contribution in [0.1, 0.15) is 155 Å². The van der Waals surface area contributed by atoms with E-state index in [1.165, 1.54) is 57.8 Å². The first kappa shape index (κ1) is 48.7. The molecule has 0 aromatic carbocycles. The van der Waals surface area contributed by atoms with Crippen molar-refractivity contribution < 1.29 is 49.0 Å². The summed E-state index contributed by atoms with van der Waals surface area (Å²) >= 11 is 0. The molecule has 4 N–H and O–H groups in total. The molecular formula is C43H74O10. The number of carbonyl (C=O) groups is 2. The van der Waals surface area contributed by atoms with E-state index in [0.717, 1.165) is 57.8 Å². The number of esters is 2. The second-order valence-electron chi connectivity index (χ2n) is 14.1. The normalized spacial score (nSPS) is 21.4. The molecule has 0 saturated carbocycles. The first-order valence-corrected chi connectivity index (χ1v) is 20.7. The summed E-state index contributed by atoms with van der Waals surface area (Å²) in [5, 5.41) is 40.0. The number of hydrogen-bond acceptors (Lipinski definition) is 10. The predicted molar refractivity (Wildman–Crippen MR) is 210 cm³/mol. The summed E-state index contributed by atoms with van der Waals surface area (Å²) in [4.78, 5) is 25.2. The zero-order chi connectivity index (χ0) is 38.8. The molecule has 1 fully saturated rings. The highest BCUT2D eigenvalue weighted by molar-refractivity contribution is 5.70. The van der Waals surface area contributed by atoms with Gasteiger partial charge < -0.3 is 39.4 Å². The lowest BCUT2D eigenvalue weighted by Gasteiger charge is -2.39. The minimum Gasteiger partial charge on any atom is -0.462 e. The van der Waals surface area contributed by atoms with Gasteiger partial charge in [-0.15, -0.1) is 0 Å². The fourth-order valence-electron chi connectivity index (χ4n) is 5.83. The Morgan fingerprint density at radius 1 is 0.585 bits per heavy atom. The van der Waals surface area contributed by atoms with E-state index in [4.69, 9.17) is 18.9 Å².